The van der Waals surface area contributed by atoms with Gasteiger partial charge in [-0.2, -0.15) is 11.3 Å². The second-order valence-electron chi connectivity index (χ2n) is 5.14. The summed E-state index contributed by atoms with van der Waals surface area (Å²) in [5, 5.41) is 7.63. The van der Waals surface area contributed by atoms with Crippen LogP contribution in [0.15, 0.2) is 29.1 Å². The Hall–Kier alpha value is -1.43. The molecule has 0 aliphatic carbocycles. The average Bonchev–Trinajstić information content (AvgIpc) is 2.96. The highest BCUT2D eigenvalue weighted by Gasteiger charge is 2.08. The molecular weight excluding hydrogens is 282 g/mol. The smallest absolute Gasteiger partial charge is 0.131 e. The Morgan fingerprint density at radius 2 is 2.24 bits per heavy atom. The number of aromatic nitrogens is 1. The fraction of sp³-hybridized carbons (Fsp3) is 0.438. The fourth-order valence-electron chi connectivity index (χ4n) is 2.26. The van der Waals surface area contributed by atoms with Gasteiger partial charge in [-0.25, -0.2) is 4.98 Å². The SMILES string of the molecule is COCCNCc1cnc(N(C)Cc2ccsc2)c(C)c1. The molecule has 0 unspecified atom stereocenters. The molecule has 2 heterocycles. The van der Waals surface area contributed by atoms with Gasteiger partial charge in [0.25, 0.3) is 0 Å². The summed E-state index contributed by atoms with van der Waals surface area (Å²) in [6, 6.07) is 4.36. The maximum absolute atomic E-state index is 5.02. The molecule has 0 saturated heterocycles. The largest absolute Gasteiger partial charge is 0.383 e. The Morgan fingerprint density at radius 3 is 2.90 bits per heavy atom. The van der Waals surface area contributed by atoms with Gasteiger partial charge in [-0.05, 0) is 46.5 Å². The van der Waals surface area contributed by atoms with Crippen LogP contribution in [-0.2, 0) is 17.8 Å². The minimum absolute atomic E-state index is 0.730. The third-order valence-electron chi connectivity index (χ3n) is 3.28. The Balaban J connectivity index is 1.94. The molecule has 114 valence electrons. The summed E-state index contributed by atoms with van der Waals surface area (Å²) in [7, 11) is 3.80. The van der Waals surface area contributed by atoms with Crippen molar-refractivity contribution in [1.82, 2.24) is 10.3 Å². The van der Waals surface area contributed by atoms with E-state index in [4.69, 9.17) is 4.74 Å². The minimum atomic E-state index is 0.730. The van der Waals surface area contributed by atoms with Crippen molar-refractivity contribution in [3.05, 3.63) is 45.8 Å². The van der Waals surface area contributed by atoms with Crippen LogP contribution in [0.5, 0.6) is 0 Å². The molecule has 2 aromatic rings. The predicted molar refractivity (Wildman–Crippen MR) is 89.0 cm³/mol. The van der Waals surface area contributed by atoms with Gasteiger partial charge in [0.15, 0.2) is 0 Å². The Bertz CT molecular complexity index is 542. The molecule has 0 atom stereocenters. The normalized spacial score (nSPS) is 10.8. The number of hydrogen-bond donors (Lipinski definition) is 1. The molecule has 0 saturated carbocycles. The highest BCUT2D eigenvalue weighted by molar-refractivity contribution is 7.07. The second kappa shape index (κ2) is 8.12. The summed E-state index contributed by atoms with van der Waals surface area (Å²) in [5.74, 6) is 1.04. The molecular formula is C16H23N3OS. The Labute approximate surface area is 130 Å². The minimum Gasteiger partial charge on any atom is -0.383 e. The first-order valence-electron chi connectivity index (χ1n) is 7.08. The van der Waals surface area contributed by atoms with Gasteiger partial charge in [0.2, 0.25) is 0 Å². The van der Waals surface area contributed by atoms with Gasteiger partial charge in [-0.15, -0.1) is 0 Å². The molecule has 0 aliphatic heterocycles. The van der Waals surface area contributed by atoms with E-state index in [-0.39, 0.29) is 0 Å². The van der Waals surface area contributed by atoms with E-state index in [2.05, 4.69) is 52.1 Å². The zero-order valence-corrected chi connectivity index (χ0v) is 13.7. The molecule has 0 aliphatic rings. The van der Waals surface area contributed by atoms with Crippen molar-refractivity contribution in [2.45, 2.75) is 20.0 Å². The van der Waals surface area contributed by atoms with E-state index in [9.17, 15) is 0 Å². The molecule has 5 heteroatoms. The number of nitrogens with zero attached hydrogens (tertiary/aromatic N) is 2. The lowest BCUT2D eigenvalue weighted by molar-refractivity contribution is 0.199. The quantitative estimate of drug-likeness (QED) is 0.761. The molecule has 2 aromatic heterocycles. The number of nitrogens with one attached hydrogen (secondary N) is 1. The van der Waals surface area contributed by atoms with Crippen molar-refractivity contribution < 1.29 is 4.74 Å². The molecule has 0 amide bonds. The lowest BCUT2D eigenvalue weighted by Crippen LogP contribution is -2.20. The van der Waals surface area contributed by atoms with Crippen LogP contribution in [0.2, 0.25) is 0 Å². The van der Waals surface area contributed by atoms with Crippen molar-refractivity contribution >= 4 is 17.2 Å². The number of rotatable bonds is 8. The Kier molecular flexibility index (Phi) is 6.17. The number of methoxy groups -OCH3 is 1. The van der Waals surface area contributed by atoms with Crippen LogP contribution in [-0.4, -0.2) is 32.3 Å². The van der Waals surface area contributed by atoms with Crippen LogP contribution < -0.4 is 10.2 Å². The molecule has 21 heavy (non-hydrogen) atoms. The van der Waals surface area contributed by atoms with Gasteiger partial charge in [0, 0.05) is 40.0 Å². The van der Waals surface area contributed by atoms with Gasteiger partial charge in [0.05, 0.1) is 6.61 Å². The van der Waals surface area contributed by atoms with E-state index in [1.54, 1.807) is 18.4 Å². The number of pyridine rings is 1. The maximum atomic E-state index is 5.02. The van der Waals surface area contributed by atoms with Crippen molar-refractivity contribution in [1.29, 1.82) is 0 Å². The lowest BCUT2D eigenvalue weighted by atomic mass is 10.2. The van der Waals surface area contributed by atoms with Crippen molar-refractivity contribution in [2.24, 2.45) is 0 Å². The van der Waals surface area contributed by atoms with E-state index < -0.39 is 0 Å². The summed E-state index contributed by atoms with van der Waals surface area (Å²) in [6.07, 6.45) is 1.95. The number of aryl methyl sites for hydroxylation is 1. The van der Waals surface area contributed by atoms with E-state index >= 15 is 0 Å². The van der Waals surface area contributed by atoms with Gasteiger partial charge in [0.1, 0.15) is 5.82 Å². The fourth-order valence-corrected chi connectivity index (χ4v) is 2.92. The first-order valence-corrected chi connectivity index (χ1v) is 8.02. The molecule has 0 bridgehead atoms. The number of thiophene rings is 1. The van der Waals surface area contributed by atoms with E-state index in [0.717, 1.165) is 32.1 Å². The van der Waals surface area contributed by atoms with Gasteiger partial charge in [-0.1, -0.05) is 0 Å². The molecule has 0 aromatic carbocycles. The lowest BCUT2D eigenvalue weighted by Gasteiger charge is -2.20. The molecule has 0 fully saturated rings. The van der Waals surface area contributed by atoms with Crippen molar-refractivity contribution in [2.75, 3.05) is 32.2 Å². The van der Waals surface area contributed by atoms with E-state index in [1.807, 2.05) is 6.20 Å². The van der Waals surface area contributed by atoms with Crippen LogP contribution in [0.4, 0.5) is 5.82 Å². The van der Waals surface area contributed by atoms with E-state index in [0.29, 0.717) is 0 Å². The van der Waals surface area contributed by atoms with Crippen LogP contribution >= 0.6 is 11.3 Å². The van der Waals surface area contributed by atoms with Crippen LogP contribution in [0.1, 0.15) is 16.7 Å². The highest BCUT2D eigenvalue weighted by Crippen LogP contribution is 2.19. The van der Waals surface area contributed by atoms with Crippen LogP contribution in [0.3, 0.4) is 0 Å². The first kappa shape index (κ1) is 15.9. The molecule has 0 radical (unpaired) electrons. The third kappa shape index (κ3) is 4.81. The summed E-state index contributed by atoms with van der Waals surface area (Å²) < 4.78 is 5.02. The van der Waals surface area contributed by atoms with Crippen molar-refractivity contribution in [3.8, 4) is 0 Å². The first-order chi connectivity index (χ1) is 10.2. The summed E-state index contributed by atoms with van der Waals surface area (Å²) in [6.45, 7) is 5.42. The molecule has 0 spiro atoms. The zero-order valence-electron chi connectivity index (χ0n) is 12.9. The second-order valence-corrected chi connectivity index (χ2v) is 5.92. The molecule has 1 N–H and O–H groups in total. The third-order valence-corrected chi connectivity index (χ3v) is 4.01. The summed E-state index contributed by atoms with van der Waals surface area (Å²) in [4.78, 5) is 6.81. The van der Waals surface area contributed by atoms with Gasteiger partial charge in [-0.3, -0.25) is 0 Å². The maximum Gasteiger partial charge on any atom is 0.131 e. The number of anilines is 1. The molecule has 4 nitrogen and oxygen atoms in total. The zero-order chi connectivity index (χ0) is 15.1. The average molecular weight is 305 g/mol. The molecule has 2 rings (SSSR count). The number of ether oxygens (including phenoxy) is 1. The topological polar surface area (TPSA) is 37.4 Å². The van der Waals surface area contributed by atoms with Crippen LogP contribution in [0, 0.1) is 6.92 Å². The van der Waals surface area contributed by atoms with Gasteiger partial charge >= 0.3 is 0 Å². The Morgan fingerprint density at radius 1 is 1.38 bits per heavy atom. The van der Waals surface area contributed by atoms with Gasteiger partial charge < -0.3 is 15.0 Å². The monoisotopic (exact) mass is 305 g/mol. The highest BCUT2D eigenvalue weighted by atomic mass is 32.1. The number of hydrogen-bond acceptors (Lipinski definition) is 5. The van der Waals surface area contributed by atoms with Crippen LogP contribution in [0.25, 0.3) is 0 Å². The van der Waals surface area contributed by atoms with Crippen molar-refractivity contribution in [3.63, 3.8) is 0 Å². The van der Waals surface area contributed by atoms with E-state index in [1.165, 1.54) is 16.7 Å². The predicted octanol–water partition coefficient (Wildman–Crippen LogP) is 2.82. The standard InChI is InChI=1S/C16H23N3OS/c1-13-8-15(9-17-5-6-20-3)10-18-16(13)19(2)11-14-4-7-21-12-14/h4,7-8,10,12,17H,5-6,9,11H2,1-3H3. The summed E-state index contributed by atoms with van der Waals surface area (Å²) >= 11 is 1.73. The summed E-state index contributed by atoms with van der Waals surface area (Å²) in [5.41, 5.74) is 3.74.